The van der Waals surface area contributed by atoms with E-state index in [4.69, 9.17) is 4.98 Å². The van der Waals surface area contributed by atoms with E-state index in [2.05, 4.69) is 36.1 Å². The van der Waals surface area contributed by atoms with Crippen molar-refractivity contribution in [2.45, 2.75) is 26.4 Å². The Balaban J connectivity index is 2.04. The predicted molar refractivity (Wildman–Crippen MR) is 76.7 cm³/mol. The number of pyridine rings is 1. The highest BCUT2D eigenvalue weighted by Gasteiger charge is 2.21. The molecule has 0 unspecified atom stereocenters. The molecule has 3 heteroatoms. The quantitative estimate of drug-likeness (QED) is 0.915. The molecule has 3 rings (SSSR count). The maximum Gasteiger partial charge on any atom is 0.133 e. The Bertz CT molecular complexity index is 573. The lowest BCUT2D eigenvalue weighted by molar-refractivity contribution is 0.281. The molecule has 1 aromatic carbocycles. The van der Waals surface area contributed by atoms with Crippen molar-refractivity contribution in [2.75, 3.05) is 11.4 Å². The zero-order valence-corrected chi connectivity index (χ0v) is 11.1. The Labute approximate surface area is 113 Å². The number of hydrogen-bond acceptors (Lipinski definition) is 3. The van der Waals surface area contributed by atoms with E-state index in [0.717, 1.165) is 36.5 Å². The summed E-state index contributed by atoms with van der Waals surface area (Å²) in [5.74, 6) is 0.952. The summed E-state index contributed by atoms with van der Waals surface area (Å²) in [6.07, 6.45) is 1.94. The highest BCUT2D eigenvalue weighted by Crippen LogP contribution is 2.33. The molecule has 98 valence electrons. The fourth-order valence-electron chi connectivity index (χ4n) is 2.62. The van der Waals surface area contributed by atoms with Crippen LogP contribution in [0.3, 0.4) is 0 Å². The van der Waals surface area contributed by atoms with Crippen molar-refractivity contribution in [3.63, 3.8) is 0 Å². The fraction of sp³-hybridized carbons (Fsp3) is 0.312. The minimum atomic E-state index is 0.0675. The van der Waals surface area contributed by atoms with Gasteiger partial charge in [0.15, 0.2) is 0 Å². The van der Waals surface area contributed by atoms with Crippen LogP contribution in [0.2, 0.25) is 0 Å². The molecule has 0 saturated heterocycles. The topological polar surface area (TPSA) is 36.4 Å². The first kappa shape index (κ1) is 12.2. The Kier molecular flexibility index (Phi) is 3.22. The Morgan fingerprint density at radius 2 is 2.11 bits per heavy atom. The Hall–Kier alpha value is -1.87. The number of hydrogen-bond donors (Lipinski definition) is 1. The third-order valence-corrected chi connectivity index (χ3v) is 3.63. The van der Waals surface area contributed by atoms with Gasteiger partial charge < -0.3 is 10.0 Å². The summed E-state index contributed by atoms with van der Waals surface area (Å²) in [5.41, 5.74) is 4.58. The van der Waals surface area contributed by atoms with Crippen LogP contribution in [-0.2, 0) is 19.4 Å². The molecule has 0 radical (unpaired) electrons. The van der Waals surface area contributed by atoms with E-state index in [1.165, 1.54) is 11.3 Å². The Morgan fingerprint density at radius 3 is 2.89 bits per heavy atom. The minimum absolute atomic E-state index is 0.0675. The average molecular weight is 254 g/mol. The first-order chi connectivity index (χ1) is 9.31. The number of nitrogens with zero attached hydrogens (tertiary/aromatic N) is 2. The molecule has 0 fully saturated rings. The number of benzene rings is 1. The third kappa shape index (κ3) is 2.22. The molecule has 1 aromatic heterocycles. The zero-order valence-electron chi connectivity index (χ0n) is 11.1. The molecule has 3 nitrogen and oxygen atoms in total. The lowest BCUT2D eigenvalue weighted by Crippen LogP contribution is -2.15. The molecule has 19 heavy (non-hydrogen) atoms. The molecule has 0 spiro atoms. The van der Waals surface area contributed by atoms with Crippen LogP contribution in [-0.4, -0.2) is 16.6 Å². The van der Waals surface area contributed by atoms with Gasteiger partial charge in [-0.15, -0.1) is 0 Å². The first-order valence-corrected chi connectivity index (χ1v) is 6.78. The number of aliphatic hydroxyl groups is 1. The van der Waals surface area contributed by atoms with Crippen molar-refractivity contribution in [1.82, 2.24) is 4.98 Å². The molecule has 0 bridgehead atoms. The average Bonchev–Trinajstić information content (AvgIpc) is 2.90. The number of aryl methyl sites for hydroxylation is 1. The molecule has 1 aliphatic heterocycles. The predicted octanol–water partition coefficient (Wildman–Crippen LogP) is 2.83. The summed E-state index contributed by atoms with van der Waals surface area (Å²) in [5, 5.41) is 9.37. The van der Waals surface area contributed by atoms with Gasteiger partial charge in [-0.25, -0.2) is 4.98 Å². The number of aliphatic hydroxyl groups excluding tert-OH is 1. The Morgan fingerprint density at radius 1 is 1.26 bits per heavy atom. The monoisotopic (exact) mass is 254 g/mol. The van der Waals surface area contributed by atoms with Gasteiger partial charge in [0.2, 0.25) is 0 Å². The molecule has 0 saturated carbocycles. The lowest BCUT2D eigenvalue weighted by Gasteiger charge is -2.20. The highest BCUT2D eigenvalue weighted by molar-refractivity contribution is 5.67. The minimum Gasteiger partial charge on any atom is -0.392 e. The molecule has 2 aromatic rings. The second kappa shape index (κ2) is 5.02. The number of aromatic nitrogens is 1. The van der Waals surface area contributed by atoms with E-state index in [1.807, 2.05) is 12.1 Å². The molecule has 1 aliphatic rings. The summed E-state index contributed by atoms with van der Waals surface area (Å²) in [6, 6.07) is 12.4. The molecule has 1 N–H and O–H groups in total. The van der Waals surface area contributed by atoms with Crippen molar-refractivity contribution < 1.29 is 5.11 Å². The fourth-order valence-corrected chi connectivity index (χ4v) is 2.62. The summed E-state index contributed by atoms with van der Waals surface area (Å²) in [7, 11) is 0. The van der Waals surface area contributed by atoms with Crippen LogP contribution in [0, 0.1) is 0 Å². The molecular formula is C16H18N2O. The van der Waals surface area contributed by atoms with Crippen LogP contribution in [0.5, 0.6) is 0 Å². The summed E-state index contributed by atoms with van der Waals surface area (Å²) in [4.78, 5) is 6.94. The van der Waals surface area contributed by atoms with Crippen molar-refractivity contribution in [3.8, 4) is 0 Å². The zero-order chi connectivity index (χ0) is 13.2. The van der Waals surface area contributed by atoms with E-state index < -0.39 is 0 Å². The second-order valence-electron chi connectivity index (χ2n) is 4.87. The summed E-state index contributed by atoms with van der Waals surface area (Å²) < 4.78 is 0. The van der Waals surface area contributed by atoms with Crippen LogP contribution in [0.1, 0.15) is 23.7 Å². The van der Waals surface area contributed by atoms with Crippen LogP contribution < -0.4 is 4.90 Å². The van der Waals surface area contributed by atoms with Crippen LogP contribution in [0.15, 0.2) is 36.4 Å². The van der Waals surface area contributed by atoms with Crippen molar-refractivity contribution in [3.05, 3.63) is 53.2 Å². The smallest absolute Gasteiger partial charge is 0.133 e. The van der Waals surface area contributed by atoms with Crippen molar-refractivity contribution in [2.24, 2.45) is 0 Å². The van der Waals surface area contributed by atoms with Gasteiger partial charge in [-0.2, -0.15) is 0 Å². The van der Waals surface area contributed by atoms with Gasteiger partial charge in [0.1, 0.15) is 5.82 Å². The lowest BCUT2D eigenvalue weighted by atomic mass is 10.1. The number of rotatable bonds is 3. The van der Waals surface area contributed by atoms with Crippen molar-refractivity contribution in [1.29, 1.82) is 0 Å². The molecular weight excluding hydrogens is 236 g/mol. The van der Waals surface area contributed by atoms with E-state index in [0.29, 0.717) is 0 Å². The number of anilines is 2. The molecule has 2 heterocycles. The van der Waals surface area contributed by atoms with Gasteiger partial charge in [0, 0.05) is 17.9 Å². The van der Waals surface area contributed by atoms with Gasteiger partial charge in [-0.1, -0.05) is 25.1 Å². The van der Waals surface area contributed by atoms with Gasteiger partial charge in [-0.05, 0) is 42.2 Å². The second-order valence-corrected chi connectivity index (χ2v) is 4.87. The largest absolute Gasteiger partial charge is 0.392 e. The van der Waals surface area contributed by atoms with Gasteiger partial charge >= 0.3 is 0 Å². The maximum atomic E-state index is 9.37. The SMILES string of the molecule is CCc1cc(CO)cc(N2CCc3ccccc32)n1. The maximum absolute atomic E-state index is 9.37. The molecule has 0 amide bonds. The van der Waals surface area contributed by atoms with Crippen LogP contribution in [0.25, 0.3) is 0 Å². The van der Waals surface area contributed by atoms with E-state index >= 15 is 0 Å². The van der Waals surface area contributed by atoms with Gasteiger partial charge in [0.25, 0.3) is 0 Å². The summed E-state index contributed by atoms with van der Waals surface area (Å²) >= 11 is 0. The van der Waals surface area contributed by atoms with E-state index in [9.17, 15) is 5.11 Å². The normalized spacial score (nSPS) is 13.7. The van der Waals surface area contributed by atoms with Gasteiger partial charge in [-0.3, -0.25) is 0 Å². The van der Waals surface area contributed by atoms with Crippen LogP contribution in [0.4, 0.5) is 11.5 Å². The van der Waals surface area contributed by atoms with Crippen molar-refractivity contribution >= 4 is 11.5 Å². The number of para-hydroxylation sites is 1. The highest BCUT2D eigenvalue weighted by atomic mass is 16.3. The third-order valence-electron chi connectivity index (χ3n) is 3.63. The number of fused-ring (bicyclic) bond motifs is 1. The standard InChI is InChI=1S/C16H18N2O/c1-2-14-9-12(11-19)10-16(17-14)18-8-7-13-5-3-4-6-15(13)18/h3-6,9-10,19H,2,7-8,11H2,1H3. The van der Waals surface area contributed by atoms with E-state index in [-0.39, 0.29) is 6.61 Å². The van der Waals surface area contributed by atoms with Gasteiger partial charge in [0.05, 0.1) is 6.61 Å². The van der Waals surface area contributed by atoms with E-state index in [1.54, 1.807) is 0 Å². The summed E-state index contributed by atoms with van der Waals surface area (Å²) in [6.45, 7) is 3.12. The first-order valence-electron chi connectivity index (χ1n) is 6.78. The molecule has 0 aliphatic carbocycles. The molecule has 0 atom stereocenters. The van der Waals surface area contributed by atoms with Crippen LogP contribution >= 0.6 is 0 Å².